The summed E-state index contributed by atoms with van der Waals surface area (Å²) in [6.07, 6.45) is 8.08. The van der Waals surface area contributed by atoms with E-state index in [-0.39, 0.29) is 28.5 Å². The van der Waals surface area contributed by atoms with Crippen LogP contribution in [0.3, 0.4) is 0 Å². The van der Waals surface area contributed by atoms with Crippen LogP contribution in [0.5, 0.6) is 0 Å². The third kappa shape index (κ3) is 8.01. The lowest BCUT2D eigenvalue weighted by atomic mass is 9.46. The molecule has 1 aromatic heterocycles. The van der Waals surface area contributed by atoms with Crippen LogP contribution in [0.2, 0.25) is 0 Å². The Morgan fingerprint density at radius 2 is 1.10 bits per heavy atom. The maximum atomic E-state index is 2.80. The number of unbranched alkanes of at least 4 members (excludes halogenated alkanes) is 1. The van der Waals surface area contributed by atoms with Gasteiger partial charge in [-0.15, -0.1) is 11.3 Å². The molecule has 0 unspecified atom stereocenters. The zero-order valence-corrected chi connectivity index (χ0v) is 48.6. The van der Waals surface area contributed by atoms with E-state index in [0.717, 1.165) is 12.8 Å². The highest BCUT2D eigenvalue weighted by Gasteiger charge is 2.49. The fraction of sp³-hybridized carbons (Fsp3) is 0.315. The number of benzene rings is 8. The Hall–Kier alpha value is -6.62. The highest BCUT2D eigenvalue weighted by molar-refractivity contribution is 7.32. The molecule has 2 aliphatic heterocycles. The number of aryl methyl sites for hydroxylation is 4. The summed E-state index contributed by atoms with van der Waals surface area (Å²) in [7, 11) is 0. The predicted octanol–water partition coefficient (Wildman–Crippen LogP) is 19.6. The van der Waals surface area contributed by atoms with Crippen molar-refractivity contribution in [1.82, 2.24) is 0 Å². The second-order valence-corrected chi connectivity index (χ2v) is 27.3. The van der Waals surface area contributed by atoms with Gasteiger partial charge in [0.05, 0.1) is 11.4 Å². The zero-order chi connectivity index (χ0) is 53.5. The van der Waals surface area contributed by atoms with Crippen LogP contribution in [-0.4, -0.2) is 6.85 Å². The fourth-order valence-corrected chi connectivity index (χ4v) is 15.8. The smallest absolute Gasteiger partial charge is 0.343 e. The van der Waals surface area contributed by atoms with Gasteiger partial charge in [0.2, 0.25) is 0 Å². The Balaban J connectivity index is 1.21. The van der Waals surface area contributed by atoms with Crippen molar-refractivity contribution in [2.24, 2.45) is 0 Å². The molecule has 3 heterocycles. The van der Waals surface area contributed by atoms with Crippen molar-refractivity contribution in [2.45, 2.75) is 150 Å². The third-order valence-corrected chi connectivity index (χ3v) is 20.2. The van der Waals surface area contributed by atoms with Gasteiger partial charge in [0.25, 0.3) is 0 Å². The number of thiophene rings is 1. The molecule has 2 aliphatic carbocycles. The number of nitrogens with zero attached hydrogens (tertiary/aromatic N) is 2. The molecule has 0 spiro atoms. The van der Waals surface area contributed by atoms with Crippen LogP contribution < -0.4 is 20.0 Å². The van der Waals surface area contributed by atoms with E-state index in [9.17, 15) is 0 Å². The maximum Gasteiger partial charge on any atom is 0.343 e. The molecule has 0 saturated carbocycles. The Labute approximate surface area is 464 Å². The van der Waals surface area contributed by atoms with Gasteiger partial charge in [-0.25, -0.2) is 0 Å². The SMILES string of the molecule is CCCCc1ccc(N2c3cc(-c4c(C)cc(C)cc4C)cc4c3B(c3sc5cc6c(cc5c32)C(C)(C)CCC6(C)C)N(c2ccc3c(c2)C(C)(C)CCC3(C)C)c2cc(-c3ccccc3)ccc2-4)c(-c2ccccc2)c1. The van der Waals surface area contributed by atoms with Crippen LogP contribution in [0.25, 0.3) is 54.6 Å². The first kappa shape index (κ1) is 49.9. The minimum absolute atomic E-state index is 0.0367. The summed E-state index contributed by atoms with van der Waals surface area (Å²) in [5, 5.41) is 1.36. The topological polar surface area (TPSA) is 6.48 Å². The molecule has 0 saturated heterocycles. The molecule has 0 radical (unpaired) electrons. The Kier molecular flexibility index (Phi) is 11.6. The van der Waals surface area contributed by atoms with Gasteiger partial charge in [-0.05, 0) is 213 Å². The number of hydrogen-bond donors (Lipinski definition) is 0. The van der Waals surface area contributed by atoms with Gasteiger partial charge >= 0.3 is 6.85 Å². The highest BCUT2D eigenvalue weighted by Crippen LogP contribution is 2.56. The summed E-state index contributed by atoms with van der Waals surface area (Å²) >= 11 is 2.05. The number of rotatable bonds is 8. The van der Waals surface area contributed by atoms with Crippen LogP contribution in [0.4, 0.5) is 28.4 Å². The monoisotopic (exact) mass is 1020 g/mol. The fourth-order valence-electron chi connectivity index (χ4n) is 14.5. The Morgan fingerprint density at radius 1 is 0.494 bits per heavy atom. The zero-order valence-electron chi connectivity index (χ0n) is 47.8. The summed E-state index contributed by atoms with van der Waals surface area (Å²) in [5.41, 5.74) is 29.5. The van der Waals surface area contributed by atoms with Gasteiger partial charge in [-0.2, -0.15) is 0 Å². The van der Waals surface area contributed by atoms with Gasteiger partial charge < -0.3 is 9.71 Å². The number of fused-ring (bicyclic) bond motifs is 8. The van der Waals surface area contributed by atoms with Gasteiger partial charge in [-0.1, -0.05) is 171 Å². The first-order chi connectivity index (χ1) is 36.8. The van der Waals surface area contributed by atoms with Crippen LogP contribution in [0, 0.1) is 20.8 Å². The predicted molar refractivity (Wildman–Crippen MR) is 335 cm³/mol. The molecule has 77 heavy (non-hydrogen) atoms. The van der Waals surface area contributed by atoms with Gasteiger partial charge in [0, 0.05) is 43.1 Å². The molecule has 386 valence electrons. The number of hydrogen-bond acceptors (Lipinski definition) is 3. The van der Waals surface area contributed by atoms with E-state index < -0.39 is 0 Å². The van der Waals surface area contributed by atoms with E-state index in [2.05, 4.69) is 256 Å². The molecular formula is C73H75BN2S. The van der Waals surface area contributed by atoms with Crippen LogP contribution in [-0.2, 0) is 28.1 Å². The molecule has 0 atom stereocenters. The van der Waals surface area contributed by atoms with Crippen molar-refractivity contribution in [3.8, 4) is 44.5 Å². The quantitative estimate of drug-likeness (QED) is 0.140. The molecule has 0 amide bonds. The lowest BCUT2D eigenvalue weighted by molar-refractivity contribution is 0.332. The minimum atomic E-state index is -0.115. The molecule has 0 bridgehead atoms. The lowest BCUT2D eigenvalue weighted by Gasteiger charge is -2.46. The van der Waals surface area contributed by atoms with Crippen molar-refractivity contribution < 1.29 is 0 Å². The average Bonchev–Trinajstić information content (AvgIpc) is 3.99. The molecule has 2 nitrogen and oxygen atoms in total. The van der Waals surface area contributed by atoms with Crippen LogP contribution in [0.15, 0.2) is 152 Å². The van der Waals surface area contributed by atoms with E-state index in [0.29, 0.717) is 0 Å². The van der Waals surface area contributed by atoms with E-state index in [1.54, 1.807) is 0 Å². The summed E-state index contributed by atoms with van der Waals surface area (Å²) in [4.78, 5) is 5.57. The average molecular weight is 1020 g/mol. The molecule has 0 fully saturated rings. The summed E-state index contributed by atoms with van der Waals surface area (Å²) in [6.45, 7) is 28.9. The van der Waals surface area contributed by atoms with Crippen molar-refractivity contribution in [2.75, 3.05) is 9.71 Å². The van der Waals surface area contributed by atoms with E-state index in [1.807, 2.05) is 0 Å². The molecule has 8 aromatic carbocycles. The van der Waals surface area contributed by atoms with Crippen molar-refractivity contribution in [1.29, 1.82) is 0 Å². The van der Waals surface area contributed by atoms with Crippen molar-refractivity contribution in [3.63, 3.8) is 0 Å². The van der Waals surface area contributed by atoms with Gasteiger partial charge in [-0.3, -0.25) is 0 Å². The van der Waals surface area contributed by atoms with E-state index >= 15 is 0 Å². The molecule has 4 aliphatic rings. The molecule has 0 N–H and O–H groups in total. The van der Waals surface area contributed by atoms with Crippen LogP contribution in [0.1, 0.15) is 145 Å². The summed E-state index contributed by atoms with van der Waals surface area (Å²) in [5.74, 6) is 0. The second kappa shape index (κ2) is 18.0. The standard InChI is InChI=1S/C73H75BN2S/c1-13-14-21-48-26-31-62(55(38-48)50-24-19-16-20-25-50)75-64-41-52(66-46(3)36-45(2)37-47(66)4)39-56-54-29-27-51(49-22-17-15-18-23-49)40-63(54)76(53-28-30-58-59(42-53)71(7,8)33-32-70(58,5)6)74(67(56)64)69-68(75)57-43-60-61(44-65(57)77-69)73(11,12)35-34-72(60,9)10/h15-20,22-31,36-44H,13-14,21,32-35H2,1-12H3. The van der Waals surface area contributed by atoms with Crippen LogP contribution >= 0.6 is 11.3 Å². The summed E-state index contributed by atoms with van der Waals surface area (Å²) in [6, 6.07) is 60.0. The minimum Gasteiger partial charge on any atom is -0.376 e. The second-order valence-electron chi connectivity index (χ2n) is 26.2. The Bertz CT molecular complexity index is 3830. The van der Waals surface area contributed by atoms with Crippen molar-refractivity contribution >= 4 is 66.9 Å². The normalized spacial score (nSPS) is 17.1. The maximum absolute atomic E-state index is 2.80. The van der Waals surface area contributed by atoms with E-state index in [4.69, 9.17) is 0 Å². The lowest BCUT2D eigenvalue weighted by Crippen LogP contribution is -2.60. The molecule has 9 aromatic rings. The first-order valence-electron chi connectivity index (χ1n) is 28.8. The Morgan fingerprint density at radius 3 is 1.77 bits per heavy atom. The first-order valence-corrected chi connectivity index (χ1v) is 29.7. The largest absolute Gasteiger partial charge is 0.376 e. The van der Waals surface area contributed by atoms with Crippen molar-refractivity contribution in [3.05, 3.63) is 196 Å². The third-order valence-electron chi connectivity index (χ3n) is 19.0. The highest BCUT2D eigenvalue weighted by atomic mass is 32.1. The van der Waals surface area contributed by atoms with Gasteiger partial charge in [0.1, 0.15) is 0 Å². The molecular weight excluding hydrogens is 948 g/mol. The van der Waals surface area contributed by atoms with Gasteiger partial charge in [0.15, 0.2) is 0 Å². The number of anilines is 5. The van der Waals surface area contributed by atoms with E-state index in [1.165, 1.54) is 170 Å². The summed E-state index contributed by atoms with van der Waals surface area (Å²) < 4.78 is 2.78. The molecule has 13 rings (SSSR count). The molecule has 4 heteroatoms.